The van der Waals surface area contributed by atoms with Crippen LogP contribution < -0.4 is 9.62 Å². The molecule has 3 aromatic carbocycles. The third-order valence-corrected chi connectivity index (χ3v) is 9.00. The minimum absolute atomic E-state index is 0.0122. The van der Waals surface area contributed by atoms with Crippen LogP contribution in [0.15, 0.2) is 77.7 Å². The van der Waals surface area contributed by atoms with Crippen molar-refractivity contribution in [2.75, 3.05) is 10.8 Å². The van der Waals surface area contributed by atoms with Crippen LogP contribution in [0.2, 0.25) is 5.02 Å². The minimum Gasteiger partial charge on any atom is -0.352 e. The largest absolute Gasteiger partial charge is 0.352 e. The fraction of sp³-hybridized carbons (Fsp3) is 0.355. The first-order valence-corrected chi connectivity index (χ1v) is 15.3. The summed E-state index contributed by atoms with van der Waals surface area (Å²) in [6.07, 6.45) is 1.11. The molecule has 0 radical (unpaired) electrons. The number of carbonyl (C=O) groups is 2. The average Bonchev–Trinajstić information content (AvgIpc) is 2.92. The van der Waals surface area contributed by atoms with Crippen LogP contribution in [-0.4, -0.2) is 43.8 Å². The molecule has 0 aliphatic heterocycles. The van der Waals surface area contributed by atoms with Crippen molar-refractivity contribution in [1.29, 1.82) is 0 Å². The van der Waals surface area contributed by atoms with Crippen LogP contribution in [0.4, 0.5) is 5.69 Å². The maximum atomic E-state index is 14.1. The molecular weight excluding hydrogens is 546 g/mol. The Hall–Kier alpha value is -3.36. The van der Waals surface area contributed by atoms with Crippen molar-refractivity contribution in [3.05, 3.63) is 94.5 Å². The molecule has 0 aromatic heterocycles. The second-order valence-corrected chi connectivity index (χ2v) is 12.3. The van der Waals surface area contributed by atoms with Gasteiger partial charge in [0.1, 0.15) is 12.6 Å². The van der Waals surface area contributed by atoms with E-state index in [1.807, 2.05) is 65.0 Å². The molecule has 2 atom stereocenters. The predicted molar refractivity (Wildman–Crippen MR) is 161 cm³/mol. The number of anilines is 1. The Labute approximate surface area is 243 Å². The van der Waals surface area contributed by atoms with E-state index in [2.05, 4.69) is 5.32 Å². The molecule has 0 saturated heterocycles. The topological polar surface area (TPSA) is 86.8 Å². The number of benzene rings is 3. The van der Waals surface area contributed by atoms with Crippen LogP contribution in [0.25, 0.3) is 0 Å². The number of hydrogen-bond donors (Lipinski definition) is 1. The number of aryl methyl sites for hydroxylation is 2. The highest BCUT2D eigenvalue weighted by atomic mass is 35.5. The van der Waals surface area contributed by atoms with E-state index in [1.54, 1.807) is 18.2 Å². The zero-order valence-corrected chi connectivity index (χ0v) is 25.3. The molecule has 1 N–H and O–H groups in total. The molecule has 9 heteroatoms. The van der Waals surface area contributed by atoms with Crippen molar-refractivity contribution in [3.63, 3.8) is 0 Å². The average molecular weight is 584 g/mol. The van der Waals surface area contributed by atoms with Gasteiger partial charge in [-0.25, -0.2) is 8.42 Å². The molecule has 0 saturated carbocycles. The van der Waals surface area contributed by atoms with Crippen molar-refractivity contribution in [1.82, 2.24) is 10.2 Å². The van der Waals surface area contributed by atoms with E-state index in [0.29, 0.717) is 17.1 Å². The molecule has 3 aromatic rings. The lowest BCUT2D eigenvalue weighted by molar-refractivity contribution is -0.140. The van der Waals surface area contributed by atoms with Gasteiger partial charge >= 0.3 is 0 Å². The van der Waals surface area contributed by atoms with Crippen LogP contribution in [0, 0.1) is 13.8 Å². The Balaban J connectivity index is 2.07. The number of rotatable bonds is 12. The fourth-order valence-corrected chi connectivity index (χ4v) is 5.91. The lowest BCUT2D eigenvalue weighted by Crippen LogP contribution is -2.53. The molecule has 0 fully saturated rings. The molecule has 2 amide bonds. The molecule has 0 spiro atoms. The second kappa shape index (κ2) is 13.8. The highest BCUT2D eigenvalue weighted by Crippen LogP contribution is 2.26. The van der Waals surface area contributed by atoms with Gasteiger partial charge in [0.15, 0.2) is 0 Å². The van der Waals surface area contributed by atoms with E-state index in [4.69, 9.17) is 11.6 Å². The van der Waals surface area contributed by atoms with Gasteiger partial charge in [0, 0.05) is 17.6 Å². The smallest absolute Gasteiger partial charge is 0.264 e. The lowest BCUT2D eigenvalue weighted by Gasteiger charge is -2.34. The highest BCUT2D eigenvalue weighted by Gasteiger charge is 2.34. The quantitative estimate of drug-likeness (QED) is 0.289. The summed E-state index contributed by atoms with van der Waals surface area (Å²) in [6.45, 7) is 9.23. The van der Waals surface area contributed by atoms with E-state index in [0.717, 1.165) is 27.4 Å². The highest BCUT2D eigenvalue weighted by molar-refractivity contribution is 7.92. The zero-order valence-electron chi connectivity index (χ0n) is 23.7. The maximum absolute atomic E-state index is 14.1. The number of nitrogens with zero attached hydrogens (tertiary/aromatic N) is 2. The van der Waals surface area contributed by atoms with Gasteiger partial charge in [-0.15, -0.1) is 0 Å². The van der Waals surface area contributed by atoms with Gasteiger partial charge in [0.25, 0.3) is 10.0 Å². The molecule has 7 nitrogen and oxygen atoms in total. The summed E-state index contributed by atoms with van der Waals surface area (Å²) in [7, 11) is -4.15. The summed E-state index contributed by atoms with van der Waals surface area (Å²) in [4.78, 5) is 29.0. The van der Waals surface area contributed by atoms with Crippen LogP contribution in [0.1, 0.15) is 50.3 Å². The summed E-state index contributed by atoms with van der Waals surface area (Å²) in [5, 5.41) is 3.40. The molecular formula is C31H38ClN3O4S. The second-order valence-electron chi connectivity index (χ2n) is 9.99. The standard InChI is InChI=1S/C31H38ClN3O4S/c1-6-24(5)33-31(37)29(7-2)34(20-25-13-9-8-12-23(25)4)30(36)21-35(27-14-10-11-22(3)19-27)40(38,39)28-17-15-26(32)16-18-28/h8-19,24,29H,6-7,20-21H2,1-5H3,(H,33,37)/t24-,29+/m0/s1. The van der Waals surface area contributed by atoms with E-state index >= 15 is 0 Å². The monoisotopic (exact) mass is 583 g/mol. The molecule has 0 aliphatic rings. The van der Waals surface area contributed by atoms with Gasteiger partial charge in [0.2, 0.25) is 11.8 Å². The van der Waals surface area contributed by atoms with Crippen LogP contribution >= 0.6 is 11.6 Å². The summed E-state index contributed by atoms with van der Waals surface area (Å²) in [6, 6.07) is 19.6. The predicted octanol–water partition coefficient (Wildman–Crippen LogP) is 5.87. The van der Waals surface area contributed by atoms with Crippen molar-refractivity contribution in [2.24, 2.45) is 0 Å². The van der Waals surface area contributed by atoms with E-state index in [9.17, 15) is 18.0 Å². The summed E-state index contributed by atoms with van der Waals surface area (Å²) >= 11 is 6.01. The van der Waals surface area contributed by atoms with Gasteiger partial charge in [0.05, 0.1) is 10.6 Å². The van der Waals surface area contributed by atoms with Gasteiger partial charge in [-0.05, 0) is 86.7 Å². The number of carbonyl (C=O) groups excluding carboxylic acids is 2. The first-order valence-electron chi connectivity index (χ1n) is 13.5. The molecule has 0 heterocycles. The lowest BCUT2D eigenvalue weighted by atomic mass is 10.1. The third kappa shape index (κ3) is 7.64. The van der Waals surface area contributed by atoms with E-state index in [-0.39, 0.29) is 23.4 Å². The Morgan fingerprint density at radius 1 is 0.925 bits per heavy atom. The third-order valence-electron chi connectivity index (χ3n) is 6.96. The Morgan fingerprint density at radius 3 is 2.20 bits per heavy atom. The summed E-state index contributed by atoms with van der Waals surface area (Å²) in [5.74, 6) is -0.741. The Kier molecular flexibility index (Phi) is 10.8. The normalized spacial score (nSPS) is 12.8. The van der Waals surface area contributed by atoms with Gasteiger partial charge in [-0.2, -0.15) is 0 Å². The molecule has 214 valence electrons. The van der Waals surface area contributed by atoms with Crippen molar-refractivity contribution < 1.29 is 18.0 Å². The molecule has 0 unspecified atom stereocenters. The van der Waals surface area contributed by atoms with Crippen LogP contribution in [0.5, 0.6) is 0 Å². The number of halogens is 1. The van der Waals surface area contributed by atoms with Crippen LogP contribution in [0.3, 0.4) is 0 Å². The molecule has 40 heavy (non-hydrogen) atoms. The fourth-order valence-electron chi connectivity index (χ4n) is 4.38. The van der Waals surface area contributed by atoms with E-state index < -0.39 is 28.5 Å². The minimum atomic E-state index is -4.15. The summed E-state index contributed by atoms with van der Waals surface area (Å²) < 4.78 is 28.9. The van der Waals surface area contributed by atoms with Crippen molar-refractivity contribution in [3.8, 4) is 0 Å². The number of hydrogen-bond acceptors (Lipinski definition) is 4. The molecule has 0 aliphatic carbocycles. The van der Waals surface area contributed by atoms with Gasteiger partial charge < -0.3 is 10.2 Å². The van der Waals surface area contributed by atoms with Gasteiger partial charge in [-0.1, -0.05) is 61.8 Å². The van der Waals surface area contributed by atoms with Crippen LogP contribution in [-0.2, 0) is 26.2 Å². The first kappa shape index (κ1) is 31.2. The molecule has 3 rings (SSSR count). The SMILES string of the molecule is CC[C@H](C(=O)N[C@@H](C)CC)N(Cc1ccccc1C)C(=O)CN(c1cccc(C)c1)S(=O)(=O)c1ccc(Cl)cc1. The number of sulfonamides is 1. The van der Waals surface area contributed by atoms with Crippen molar-refractivity contribution >= 4 is 39.1 Å². The van der Waals surface area contributed by atoms with Crippen molar-refractivity contribution in [2.45, 2.75) is 71.0 Å². The summed E-state index contributed by atoms with van der Waals surface area (Å²) in [5.41, 5.74) is 3.06. The first-order chi connectivity index (χ1) is 19.0. The van der Waals surface area contributed by atoms with Gasteiger partial charge in [-0.3, -0.25) is 13.9 Å². The Morgan fingerprint density at radius 2 is 1.60 bits per heavy atom. The molecule has 0 bridgehead atoms. The number of nitrogens with one attached hydrogen (secondary N) is 1. The zero-order chi connectivity index (χ0) is 29.4. The maximum Gasteiger partial charge on any atom is 0.264 e. The van der Waals surface area contributed by atoms with E-state index in [1.165, 1.54) is 29.2 Å². The number of amides is 2. The Bertz CT molecular complexity index is 1430.